The van der Waals surface area contributed by atoms with Crippen molar-refractivity contribution in [3.05, 3.63) is 34.9 Å². The second-order valence-corrected chi connectivity index (χ2v) is 8.79. The smallest absolute Gasteiger partial charge is 0.306 e. The summed E-state index contributed by atoms with van der Waals surface area (Å²) in [4.78, 5) is 49.5. The van der Waals surface area contributed by atoms with Gasteiger partial charge in [-0.15, -0.1) is 0 Å². The summed E-state index contributed by atoms with van der Waals surface area (Å²) in [5.74, 6) is -1.19. The minimum atomic E-state index is -0.677. The molecule has 2 N–H and O–H groups in total. The van der Waals surface area contributed by atoms with Crippen molar-refractivity contribution < 1.29 is 24.3 Å². The molecule has 4 rings (SSSR count). The highest BCUT2D eigenvalue weighted by Crippen LogP contribution is 2.33. The molecule has 3 amide bonds. The van der Waals surface area contributed by atoms with Crippen LogP contribution in [0.2, 0.25) is 0 Å². The molecule has 2 aliphatic heterocycles. The molecule has 1 aliphatic carbocycles. The van der Waals surface area contributed by atoms with E-state index in [4.69, 9.17) is 0 Å². The molecule has 0 aromatic heterocycles. The number of carbonyl (C=O) groups excluding carboxylic acids is 3. The molecule has 0 bridgehead atoms. The summed E-state index contributed by atoms with van der Waals surface area (Å²) >= 11 is 0. The van der Waals surface area contributed by atoms with E-state index < -0.39 is 12.0 Å². The molecule has 1 aromatic carbocycles. The van der Waals surface area contributed by atoms with Crippen molar-refractivity contribution in [1.29, 1.82) is 0 Å². The zero-order valence-corrected chi connectivity index (χ0v) is 17.1. The number of carboxylic acid groups (broad SMARTS) is 1. The number of fused-ring (bicyclic) bond motifs is 1. The first-order valence-corrected chi connectivity index (χ1v) is 10.9. The number of aliphatic carboxylic acids is 1. The summed E-state index contributed by atoms with van der Waals surface area (Å²) in [6.07, 6.45) is 6.91. The Labute approximate surface area is 175 Å². The Morgan fingerprint density at radius 1 is 1.10 bits per heavy atom. The largest absolute Gasteiger partial charge is 0.481 e. The Hall–Kier alpha value is -2.70. The molecule has 30 heavy (non-hydrogen) atoms. The van der Waals surface area contributed by atoms with E-state index in [1.807, 2.05) is 12.1 Å². The van der Waals surface area contributed by atoms with E-state index in [0.717, 1.165) is 56.1 Å². The molecule has 3 atom stereocenters. The van der Waals surface area contributed by atoms with Gasteiger partial charge in [0.25, 0.3) is 5.91 Å². The first kappa shape index (κ1) is 20.6. The molecule has 2 heterocycles. The highest BCUT2D eigenvalue weighted by Gasteiger charge is 2.39. The average Bonchev–Trinajstić information content (AvgIpc) is 2.89. The summed E-state index contributed by atoms with van der Waals surface area (Å²) < 4.78 is 0. The number of nitrogens with one attached hydrogen (secondary N) is 1. The average molecular weight is 412 g/mol. The number of rotatable bonds is 5. The van der Waals surface area contributed by atoms with Crippen LogP contribution in [0.1, 0.15) is 72.9 Å². The number of carboxylic acids is 1. The van der Waals surface area contributed by atoms with Crippen molar-refractivity contribution in [3.8, 4) is 0 Å². The maximum atomic E-state index is 12.9. The monoisotopic (exact) mass is 412 g/mol. The van der Waals surface area contributed by atoms with Crippen molar-refractivity contribution in [2.24, 2.45) is 11.8 Å². The van der Waals surface area contributed by atoms with Gasteiger partial charge in [-0.1, -0.05) is 25.0 Å². The van der Waals surface area contributed by atoms with E-state index in [2.05, 4.69) is 11.4 Å². The summed E-state index contributed by atoms with van der Waals surface area (Å²) in [7, 11) is 0. The Balaban J connectivity index is 1.42. The lowest BCUT2D eigenvalue weighted by Crippen LogP contribution is -2.52. The first-order valence-electron chi connectivity index (χ1n) is 10.9. The molecule has 3 unspecified atom stereocenters. The number of amides is 3. The van der Waals surface area contributed by atoms with E-state index in [0.29, 0.717) is 24.4 Å². The van der Waals surface area contributed by atoms with Crippen LogP contribution in [0.3, 0.4) is 0 Å². The predicted molar refractivity (Wildman–Crippen MR) is 109 cm³/mol. The zero-order valence-electron chi connectivity index (χ0n) is 17.1. The van der Waals surface area contributed by atoms with Crippen molar-refractivity contribution >= 4 is 23.7 Å². The quantitative estimate of drug-likeness (QED) is 0.572. The second-order valence-electron chi connectivity index (χ2n) is 8.79. The van der Waals surface area contributed by atoms with E-state index in [-0.39, 0.29) is 30.1 Å². The Morgan fingerprint density at radius 2 is 1.93 bits per heavy atom. The van der Waals surface area contributed by atoms with Crippen molar-refractivity contribution in [2.45, 2.75) is 70.4 Å². The van der Waals surface area contributed by atoms with Crippen LogP contribution in [-0.2, 0) is 27.3 Å². The first-order chi connectivity index (χ1) is 14.4. The molecular formula is C23H28N2O5. The number of carbonyl (C=O) groups is 4. The minimum absolute atomic E-state index is 0.139. The van der Waals surface area contributed by atoms with Crippen LogP contribution in [0.25, 0.3) is 0 Å². The molecule has 7 heteroatoms. The van der Waals surface area contributed by atoms with Gasteiger partial charge in [-0.25, -0.2) is 0 Å². The fourth-order valence-corrected chi connectivity index (χ4v) is 5.16. The van der Waals surface area contributed by atoms with Gasteiger partial charge in [-0.2, -0.15) is 0 Å². The normalized spacial score (nSPS) is 26.9. The highest BCUT2D eigenvalue weighted by molar-refractivity contribution is 6.05. The minimum Gasteiger partial charge on any atom is -0.481 e. The number of nitrogens with zero attached hydrogens (tertiary/aromatic N) is 1. The zero-order chi connectivity index (χ0) is 21.3. The van der Waals surface area contributed by atoms with Gasteiger partial charge in [0.2, 0.25) is 11.8 Å². The van der Waals surface area contributed by atoms with Crippen LogP contribution >= 0.6 is 0 Å². The number of aryl methyl sites for hydroxylation is 1. The van der Waals surface area contributed by atoms with Crippen LogP contribution in [-0.4, -0.2) is 39.7 Å². The van der Waals surface area contributed by atoms with E-state index in [1.165, 1.54) is 0 Å². The SMILES string of the molecule is O=C1CCC(N2Cc3c(CCC4CCCC(C(=O)O)CC4)cccc3C2=O)C(=O)N1. The molecular weight excluding hydrogens is 384 g/mol. The highest BCUT2D eigenvalue weighted by atomic mass is 16.4. The van der Waals surface area contributed by atoms with Crippen LogP contribution in [0.5, 0.6) is 0 Å². The molecule has 1 aromatic rings. The molecule has 0 spiro atoms. The molecule has 1 saturated carbocycles. The lowest BCUT2D eigenvalue weighted by atomic mass is 9.90. The van der Waals surface area contributed by atoms with E-state index in [9.17, 15) is 24.3 Å². The fraction of sp³-hybridized carbons (Fsp3) is 0.565. The maximum absolute atomic E-state index is 12.9. The van der Waals surface area contributed by atoms with E-state index >= 15 is 0 Å². The van der Waals surface area contributed by atoms with Crippen molar-refractivity contribution in [1.82, 2.24) is 10.2 Å². The van der Waals surface area contributed by atoms with Gasteiger partial charge in [-0.3, -0.25) is 24.5 Å². The third kappa shape index (κ3) is 4.11. The van der Waals surface area contributed by atoms with Crippen LogP contribution in [0.15, 0.2) is 18.2 Å². The van der Waals surface area contributed by atoms with Gasteiger partial charge in [0.1, 0.15) is 6.04 Å². The molecule has 0 radical (unpaired) electrons. The third-order valence-electron chi connectivity index (χ3n) is 6.94. The molecule has 1 saturated heterocycles. The van der Waals surface area contributed by atoms with Crippen LogP contribution in [0.4, 0.5) is 0 Å². The van der Waals surface area contributed by atoms with Gasteiger partial charge < -0.3 is 10.0 Å². The molecule has 3 aliphatic rings. The summed E-state index contributed by atoms with van der Waals surface area (Å²) in [5, 5.41) is 11.6. The number of imide groups is 1. The Bertz CT molecular complexity index is 880. The maximum Gasteiger partial charge on any atom is 0.306 e. The van der Waals surface area contributed by atoms with E-state index in [1.54, 1.807) is 4.90 Å². The molecule has 2 fully saturated rings. The van der Waals surface area contributed by atoms with Gasteiger partial charge in [0.15, 0.2) is 0 Å². The number of piperidine rings is 1. The van der Waals surface area contributed by atoms with Gasteiger partial charge in [-0.05, 0) is 61.6 Å². The van der Waals surface area contributed by atoms with Crippen LogP contribution in [0, 0.1) is 11.8 Å². The van der Waals surface area contributed by atoms with Gasteiger partial charge >= 0.3 is 5.97 Å². The van der Waals surface area contributed by atoms with Gasteiger partial charge in [0.05, 0.1) is 5.92 Å². The summed E-state index contributed by atoms with van der Waals surface area (Å²) in [5.41, 5.74) is 2.78. The lowest BCUT2D eigenvalue weighted by molar-refractivity contribution is -0.142. The molecule has 160 valence electrons. The predicted octanol–water partition coefficient (Wildman–Crippen LogP) is 2.66. The fourth-order valence-electron chi connectivity index (χ4n) is 5.16. The third-order valence-corrected chi connectivity index (χ3v) is 6.94. The Morgan fingerprint density at radius 3 is 2.70 bits per heavy atom. The summed E-state index contributed by atoms with van der Waals surface area (Å²) in [6.45, 7) is 0.405. The lowest BCUT2D eigenvalue weighted by Gasteiger charge is -2.29. The topological polar surface area (TPSA) is 104 Å². The van der Waals surface area contributed by atoms with Crippen molar-refractivity contribution in [3.63, 3.8) is 0 Å². The standard InChI is InChI=1S/C23H28N2O5/c26-20-12-11-19(21(27)24-20)25-13-18-15(4-2-6-17(18)22(25)28)9-7-14-3-1-5-16(10-8-14)23(29)30/h2,4,6,14,16,19H,1,3,5,7-13H2,(H,29,30)(H,24,26,27). The Kier molecular flexibility index (Phi) is 5.88. The molecule has 7 nitrogen and oxygen atoms in total. The van der Waals surface area contributed by atoms with Gasteiger partial charge in [0, 0.05) is 18.5 Å². The number of hydrogen-bond acceptors (Lipinski definition) is 4. The van der Waals surface area contributed by atoms with Crippen molar-refractivity contribution in [2.75, 3.05) is 0 Å². The van der Waals surface area contributed by atoms with Crippen LogP contribution < -0.4 is 5.32 Å². The summed E-state index contributed by atoms with van der Waals surface area (Å²) in [6, 6.07) is 5.17. The number of hydrogen-bond donors (Lipinski definition) is 2. The second kappa shape index (κ2) is 8.58. The number of benzene rings is 1.